The average Bonchev–Trinajstić information content (AvgIpc) is 2.54. The van der Waals surface area contributed by atoms with E-state index in [2.05, 4.69) is 36.3 Å². The maximum absolute atomic E-state index is 5.18. The lowest BCUT2D eigenvalue weighted by molar-refractivity contribution is 0.548. The third kappa shape index (κ3) is 1.33. The van der Waals surface area contributed by atoms with Crippen molar-refractivity contribution in [2.24, 2.45) is 0 Å². The van der Waals surface area contributed by atoms with Crippen molar-refractivity contribution in [3.63, 3.8) is 0 Å². The molecule has 60 valence electrons. The molecule has 5 nitrogen and oxygen atoms in total. The molecule has 2 heterocycles. The van der Waals surface area contributed by atoms with E-state index in [0.29, 0.717) is 16.3 Å². The molecule has 2 rings (SSSR count). The fraction of sp³-hybridized carbons (Fsp3) is 0. The van der Waals surface area contributed by atoms with Crippen LogP contribution in [0.1, 0.15) is 0 Å². The summed E-state index contributed by atoms with van der Waals surface area (Å²) in [5.74, 6) is 0.922. The molecule has 0 aliphatic heterocycles. The van der Waals surface area contributed by atoms with Crippen molar-refractivity contribution in [3.05, 3.63) is 23.1 Å². The predicted molar refractivity (Wildman–Crippen MR) is 43.0 cm³/mol. The van der Waals surface area contributed by atoms with Crippen molar-refractivity contribution in [2.45, 2.75) is 0 Å². The third-order valence-corrected chi connectivity index (χ3v) is 1.63. The molecule has 0 saturated heterocycles. The van der Waals surface area contributed by atoms with E-state index in [0.717, 1.165) is 0 Å². The van der Waals surface area contributed by atoms with E-state index in [9.17, 15) is 0 Å². The monoisotopic (exact) mass is 226 g/mol. The fourth-order valence-corrected chi connectivity index (χ4v) is 1.04. The Labute approximate surface area is 76.0 Å². The molecule has 0 N–H and O–H groups in total. The van der Waals surface area contributed by atoms with Crippen LogP contribution in [0.25, 0.3) is 11.6 Å². The first-order valence-corrected chi connectivity index (χ1v) is 3.91. The minimum Gasteiger partial charge on any atom is -0.446 e. The summed E-state index contributed by atoms with van der Waals surface area (Å²) in [7, 11) is 0. The fourth-order valence-electron chi connectivity index (χ4n) is 0.737. The summed E-state index contributed by atoms with van der Waals surface area (Å²) in [4.78, 5) is 0. The van der Waals surface area contributed by atoms with Gasteiger partial charge in [-0.25, -0.2) is 0 Å². The normalized spacial score (nSPS) is 10.1. The van der Waals surface area contributed by atoms with Gasteiger partial charge in [0, 0.05) is 0 Å². The van der Waals surface area contributed by atoms with Gasteiger partial charge >= 0.3 is 0 Å². The van der Waals surface area contributed by atoms with Gasteiger partial charge in [0.05, 0.1) is 0 Å². The van der Waals surface area contributed by atoms with E-state index in [1.807, 2.05) is 0 Å². The van der Waals surface area contributed by atoms with Gasteiger partial charge in [-0.15, -0.1) is 20.4 Å². The van der Waals surface area contributed by atoms with Crippen LogP contribution < -0.4 is 0 Å². The molecule has 0 radical (unpaired) electrons. The van der Waals surface area contributed by atoms with Gasteiger partial charge in [-0.3, -0.25) is 0 Å². The lowest BCUT2D eigenvalue weighted by Crippen LogP contribution is -1.91. The highest BCUT2D eigenvalue weighted by molar-refractivity contribution is 9.10. The second-order valence-corrected chi connectivity index (χ2v) is 2.76. The first kappa shape index (κ1) is 7.35. The van der Waals surface area contributed by atoms with Gasteiger partial charge in [-0.2, -0.15) is 0 Å². The molecule has 12 heavy (non-hydrogen) atoms. The van der Waals surface area contributed by atoms with Crippen LogP contribution in [0.15, 0.2) is 27.5 Å². The molecule has 0 saturated carbocycles. The van der Waals surface area contributed by atoms with Crippen molar-refractivity contribution in [1.29, 1.82) is 0 Å². The maximum Gasteiger partial charge on any atom is 0.238 e. The SMILES string of the molecule is Brc1ccc(-c2nncnn2)o1. The Kier molecular flexibility index (Phi) is 1.83. The summed E-state index contributed by atoms with van der Waals surface area (Å²) in [6, 6.07) is 3.49. The molecule has 0 aliphatic carbocycles. The number of nitrogens with zero attached hydrogens (tertiary/aromatic N) is 4. The highest BCUT2D eigenvalue weighted by Gasteiger charge is 2.05. The second-order valence-electron chi connectivity index (χ2n) is 1.97. The summed E-state index contributed by atoms with van der Waals surface area (Å²) >= 11 is 3.17. The molecule has 0 spiro atoms. The number of rotatable bonds is 1. The molecule has 0 atom stereocenters. The van der Waals surface area contributed by atoms with Crippen LogP contribution in [0, 0.1) is 0 Å². The van der Waals surface area contributed by atoms with Crippen LogP contribution in [-0.2, 0) is 0 Å². The van der Waals surface area contributed by atoms with Crippen LogP contribution in [0.3, 0.4) is 0 Å². The van der Waals surface area contributed by atoms with Crippen LogP contribution in [-0.4, -0.2) is 20.4 Å². The Hall–Kier alpha value is -1.30. The molecule has 0 amide bonds. The minimum absolute atomic E-state index is 0.378. The van der Waals surface area contributed by atoms with Crippen LogP contribution in [0.2, 0.25) is 0 Å². The standard InChI is InChI=1S/C6H3BrN4O/c7-5-2-1-4(12-5)6-10-8-3-9-11-6/h1-3H. The van der Waals surface area contributed by atoms with Crippen LogP contribution in [0.5, 0.6) is 0 Å². The smallest absolute Gasteiger partial charge is 0.238 e. The van der Waals surface area contributed by atoms with Gasteiger partial charge < -0.3 is 4.42 Å². The maximum atomic E-state index is 5.18. The van der Waals surface area contributed by atoms with Gasteiger partial charge in [-0.05, 0) is 28.1 Å². The largest absolute Gasteiger partial charge is 0.446 e. The van der Waals surface area contributed by atoms with Crippen LogP contribution in [0.4, 0.5) is 0 Å². The molecule has 6 heteroatoms. The van der Waals surface area contributed by atoms with E-state index >= 15 is 0 Å². The summed E-state index contributed by atoms with van der Waals surface area (Å²) in [6.45, 7) is 0. The van der Waals surface area contributed by atoms with E-state index in [1.54, 1.807) is 12.1 Å². The van der Waals surface area contributed by atoms with Gasteiger partial charge in [0.1, 0.15) is 0 Å². The van der Waals surface area contributed by atoms with E-state index < -0.39 is 0 Å². The van der Waals surface area contributed by atoms with Crippen molar-refractivity contribution in [2.75, 3.05) is 0 Å². The highest BCUT2D eigenvalue weighted by atomic mass is 79.9. The minimum atomic E-state index is 0.378. The summed E-state index contributed by atoms with van der Waals surface area (Å²) < 4.78 is 5.81. The Bertz CT molecular complexity index is 374. The molecule has 0 aliphatic rings. The molecule has 0 fully saturated rings. The van der Waals surface area contributed by atoms with Crippen molar-refractivity contribution < 1.29 is 4.42 Å². The van der Waals surface area contributed by atoms with E-state index in [-0.39, 0.29) is 0 Å². The molecular formula is C6H3BrN4O. The van der Waals surface area contributed by atoms with E-state index in [4.69, 9.17) is 4.42 Å². The average molecular weight is 227 g/mol. The van der Waals surface area contributed by atoms with Crippen molar-refractivity contribution >= 4 is 15.9 Å². The molecule has 2 aromatic heterocycles. The molecular weight excluding hydrogens is 224 g/mol. The third-order valence-electron chi connectivity index (χ3n) is 1.20. The topological polar surface area (TPSA) is 64.7 Å². The second kappa shape index (κ2) is 2.98. The predicted octanol–water partition coefficient (Wildman–Crippen LogP) is 1.29. The Morgan fingerprint density at radius 1 is 1.17 bits per heavy atom. The van der Waals surface area contributed by atoms with Crippen molar-refractivity contribution in [1.82, 2.24) is 20.4 Å². The summed E-state index contributed by atoms with van der Waals surface area (Å²) in [6.07, 6.45) is 1.27. The number of hydrogen-bond acceptors (Lipinski definition) is 5. The van der Waals surface area contributed by atoms with Gasteiger partial charge in [0.15, 0.2) is 16.8 Å². The van der Waals surface area contributed by atoms with Crippen molar-refractivity contribution in [3.8, 4) is 11.6 Å². The number of furan rings is 1. The molecule has 0 aromatic carbocycles. The highest BCUT2D eigenvalue weighted by Crippen LogP contribution is 2.20. The summed E-state index contributed by atoms with van der Waals surface area (Å²) in [5.41, 5.74) is 0. The lowest BCUT2D eigenvalue weighted by atomic mass is 10.4. The Balaban J connectivity index is 2.45. The molecule has 0 unspecified atom stereocenters. The summed E-state index contributed by atoms with van der Waals surface area (Å²) in [5, 5.41) is 14.6. The molecule has 2 aromatic rings. The van der Waals surface area contributed by atoms with Gasteiger partial charge in [0.25, 0.3) is 0 Å². The number of halogens is 1. The number of hydrogen-bond donors (Lipinski definition) is 0. The first-order valence-electron chi connectivity index (χ1n) is 3.12. The van der Waals surface area contributed by atoms with Gasteiger partial charge in [0.2, 0.25) is 5.82 Å². The lowest BCUT2D eigenvalue weighted by Gasteiger charge is -1.88. The van der Waals surface area contributed by atoms with E-state index in [1.165, 1.54) is 6.33 Å². The molecule has 0 bridgehead atoms. The zero-order valence-corrected chi connectivity index (χ0v) is 7.39. The quantitative estimate of drug-likeness (QED) is 0.734. The Morgan fingerprint density at radius 3 is 2.50 bits per heavy atom. The zero-order valence-electron chi connectivity index (χ0n) is 5.81. The van der Waals surface area contributed by atoms with Gasteiger partial charge in [-0.1, -0.05) is 0 Å². The Morgan fingerprint density at radius 2 is 1.92 bits per heavy atom. The zero-order chi connectivity index (χ0) is 8.39. The van der Waals surface area contributed by atoms with Crippen LogP contribution >= 0.6 is 15.9 Å². The first-order chi connectivity index (χ1) is 5.86. The number of aromatic nitrogens is 4.